The maximum absolute atomic E-state index is 13.2. The zero-order valence-electron chi connectivity index (χ0n) is 19.1. The van der Waals surface area contributed by atoms with Crippen molar-refractivity contribution in [3.63, 3.8) is 0 Å². The molecule has 1 aliphatic rings. The van der Waals surface area contributed by atoms with Crippen LogP contribution < -0.4 is 14.8 Å². The summed E-state index contributed by atoms with van der Waals surface area (Å²) < 4.78 is 17.3. The van der Waals surface area contributed by atoms with Crippen molar-refractivity contribution in [1.82, 2.24) is 19.8 Å². The van der Waals surface area contributed by atoms with Gasteiger partial charge >= 0.3 is 0 Å². The van der Waals surface area contributed by atoms with Crippen LogP contribution in [-0.2, 0) is 11.8 Å². The molecule has 2 amide bonds. The average molecular weight is 453 g/mol. The molecular weight excluding hydrogens is 426 g/mol. The Morgan fingerprint density at radius 2 is 1.88 bits per heavy atom. The molecule has 0 unspecified atom stereocenters. The number of rotatable bonds is 6. The van der Waals surface area contributed by atoms with Crippen molar-refractivity contribution in [1.29, 1.82) is 0 Å². The van der Waals surface area contributed by atoms with Crippen molar-refractivity contribution in [2.75, 3.05) is 32.6 Å². The number of amides is 2. The lowest BCUT2D eigenvalue weighted by atomic mass is 9.95. The quantitative estimate of drug-likeness (QED) is 0.611. The van der Waals surface area contributed by atoms with Crippen LogP contribution in [0.15, 0.2) is 34.9 Å². The van der Waals surface area contributed by atoms with Crippen LogP contribution in [0.5, 0.6) is 11.5 Å². The summed E-state index contributed by atoms with van der Waals surface area (Å²) in [6, 6.07) is 8.87. The first-order valence-corrected chi connectivity index (χ1v) is 10.7. The van der Waals surface area contributed by atoms with Crippen LogP contribution >= 0.6 is 0 Å². The van der Waals surface area contributed by atoms with Gasteiger partial charge in [-0.1, -0.05) is 5.16 Å². The number of hydrogen-bond donors (Lipinski definition) is 1. The number of nitrogens with one attached hydrogen (secondary N) is 1. The topological polar surface area (TPSA) is 112 Å². The normalized spacial score (nSPS) is 14.2. The molecule has 0 radical (unpaired) electrons. The Kier molecular flexibility index (Phi) is 6.34. The Hall–Kier alpha value is -3.82. The lowest BCUT2D eigenvalue weighted by molar-refractivity contribution is -0.121. The van der Waals surface area contributed by atoms with Crippen molar-refractivity contribution >= 4 is 17.6 Å². The molecule has 1 N–H and O–H groups in total. The smallest absolute Gasteiger partial charge is 0.272 e. The number of nitrogens with zero attached hydrogens (tertiary/aromatic N) is 4. The van der Waals surface area contributed by atoms with Gasteiger partial charge in [0.2, 0.25) is 5.91 Å². The molecule has 1 aromatic carbocycles. The number of piperidine rings is 1. The molecule has 4 rings (SSSR count). The number of aryl methyl sites for hydroxylation is 2. The number of benzene rings is 1. The zero-order chi connectivity index (χ0) is 23.5. The first-order valence-electron chi connectivity index (χ1n) is 10.7. The predicted octanol–water partition coefficient (Wildman–Crippen LogP) is 2.89. The molecule has 33 heavy (non-hydrogen) atoms. The number of ether oxygens (including phenoxy) is 2. The number of carbonyl (C=O) groups is 2. The SMILES string of the molecule is COc1ccc(OC)c(-c2cc(C(=O)N3CCC(C(=O)Nc4cc(C)on4)CC3)n(C)n2)c1. The van der Waals surface area contributed by atoms with Gasteiger partial charge in [0.25, 0.3) is 5.91 Å². The van der Waals surface area contributed by atoms with E-state index in [1.165, 1.54) is 0 Å². The molecular formula is C23H27N5O5. The summed E-state index contributed by atoms with van der Waals surface area (Å²) >= 11 is 0. The van der Waals surface area contributed by atoms with Crippen LogP contribution in [0.25, 0.3) is 11.3 Å². The van der Waals surface area contributed by atoms with Gasteiger partial charge in [0.05, 0.1) is 19.9 Å². The van der Waals surface area contributed by atoms with Gasteiger partial charge in [0.15, 0.2) is 5.82 Å². The summed E-state index contributed by atoms with van der Waals surface area (Å²) in [6.45, 7) is 2.73. The van der Waals surface area contributed by atoms with E-state index in [0.29, 0.717) is 60.4 Å². The van der Waals surface area contributed by atoms with Crippen LogP contribution in [0, 0.1) is 12.8 Å². The minimum Gasteiger partial charge on any atom is -0.497 e. The highest BCUT2D eigenvalue weighted by Gasteiger charge is 2.30. The molecule has 10 nitrogen and oxygen atoms in total. The molecule has 0 spiro atoms. The van der Waals surface area contributed by atoms with E-state index in [1.807, 2.05) is 6.07 Å². The zero-order valence-corrected chi connectivity index (χ0v) is 19.1. The van der Waals surface area contributed by atoms with Gasteiger partial charge in [0.1, 0.15) is 23.0 Å². The molecule has 2 aromatic heterocycles. The van der Waals surface area contributed by atoms with E-state index < -0.39 is 0 Å². The lowest BCUT2D eigenvalue weighted by Crippen LogP contribution is -2.42. The van der Waals surface area contributed by atoms with Crippen LogP contribution in [0.4, 0.5) is 5.82 Å². The first kappa shape index (κ1) is 22.4. The van der Waals surface area contributed by atoms with Crippen LogP contribution in [-0.4, -0.2) is 59.0 Å². The van der Waals surface area contributed by atoms with E-state index in [1.54, 1.807) is 62.0 Å². The van der Waals surface area contributed by atoms with Crippen molar-refractivity contribution in [2.45, 2.75) is 19.8 Å². The fourth-order valence-corrected chi connectivity index (χ4v) is 3.97. The van der Waals surface area contributed by atoms with Gasteiger partial charge in [0, 0.05) is 37.7 Å². The van der Waals surface area contributed by atoms with E-state index in [4.69, 9.17) is 14.0 Å². The maximum Gasteiger partial charge on any atom is 0.272 e. The highest BCUT2D eigenvalue weighted by Crippen LogP contribution is 2.33. The van der Waals surface area contributed by atoms with Gasteiger partial charge in [-0.25, -0.2) is 0 Å². The summed E-state index contributed by atoms with van der Waals surface area (Å²) in [6.07, 6.45) is 1.14. The molecule has 0 bridgehead atoms. The second-order valence-electron chi connectivity index (χ2n) is 7.98. The highest BCUT2D eigenvalue weighted by atomic mass is 16.5. The van der Waals surface area contributed by atoms with Gasteiger partial charge in [-0.05, 0) is 44.0 Å². The Bertz CT molecular complexity index is 1160. The molecule has 1 fully saturated rings. The van der Waals surface area contributed by atoms with Crippen molar-refractivity contribution in [3.05, 3.63) is 41.8 Å². The largest absolute Gasteiger partial charge is 0.497 e. The van der Waals surface area contributed by atoms with Gasteiger partial charge < -0.3 is 24.2 Å². The maximum atomic E-state index is 13.2. The third kappa shape index (κ3) is 4.69. The van der Waals surface area contributed by atoms with Gasteiger partial charge in [-0.2, -0.15) is 5.10 Å². The highest BCUT2D eigenvalue weighted by molar-refractivity contribution is 5.95. The molecule has 0 atom stereocenters. The Morgan fingerprint density at radius 1 is 1.12 bits per heavy atom. The van der Waals surface area contributed by atoms with E-state index in [-0.39, 0.29) is 17.7 Å². The third-order valence-electron chi connectivity index (χ3n) is 5.81. The number of anilines is 1. The molecule has 174 valence electrons. The molecule has 3 heterocycles. The number of likely N-dealkylation sites (tertiary alicyclic amines) is 1. The Labute approximate surface area is 191 Å². The fourth-order valence-electron chi connectivity index (χ4n) is 3.97. The van der Waals surface area contributed by atoms with Crippen LogP contribution in [0.3, 0.4) is 0 Å². The number of hydrogen-bond acceptors (Lipinski definition) is 7. The van der Waals surface area contributed by atoms with Crippen molar-refractivity contribution in [2.24, 2.45) is 13.0 Å². The predicted molar refractivity (Wildman–Crippen MR) is 120 cm³/mol. The van der Waals surface area contributed by atoms with Crippen molar-refractivity contribution < 1.29 is 23.6 Å². The molecule has 1 aliphatic heterocycles. The monoisotopic (exact) mass is 453 g/mol. The minimum atomic E-state index is -0.186. The van der Waals surface area contributed by atoms with E-state index in [2.05, 4.69) is 15.6 Å². The minimum absolute atomic E-state index is 0.108. The second-order valence-corrected chi connectivity index (χ2v) is 7.98. The summed E-state index contributed by atoms with van der Waals surface area (Å²) in [5.74, 6) is 1.94. The standard InChI is InChI=1S/C23H27N5O5/c1-14-11-21(26-33-14)24-22(29)15-7-9-28(10-8-15)23(30)19-13-18(25-27(19)2)17-12-16(31-3)5-6-20(17)32-4/h5-6,11-13,15H,7-10H2,1-4H3,(H,24,26,29). The first-order chi connectivity index (χ1) is 15.9. The molecule has 0 saturated carbocycles. The summed E-state index contributed by atoms with van der Waals surface area (Å²) in [5, 5.41) is 11.1. The van der Waals surface area contributed by atoms with E-state index in [9.17, 15) is 9.59 Å². The summed E-state index contributed by atoms with van der Waals surface area (Å²) in [4.78, 5) is 27.5. The van der Waals surface area contributed by atoms with Gasteiger partial charge in [-0.3, -0.25) is 14.3 Å². The number of methoxy groups -OCH3 is 2. The van der Waals surface area contributed by atoms with Crippen LogP contribution in [0.2, 0.25) is 0 Å². The molecule has 1 saturated heterocycles. The summed E-state index contributed by atoms with van der Waals surface area (Å²) in [5.41, 5.74) is 1.83. The second kappa shape index (κ2) is 9.35. The molecule has 10 heteroatoms. The van der Waals surface area contributed by atoms with Crippen molar-refractivity contribution in [3.8, 4) is 22.8 Å². The molecule has 0 aliphatic carbocycles. The molecule has 3 aromatic rings. The van der Waals surface area contributed by atoms with E-state index >= 15 is 0 Å². The van der Waals surface area contributed by atoms with E-state index in [0.717, 1.165) is 5.56 Å². The Morgan fingerprint density at radius 3 is 2.52 bits per heavy atom. The fraction of sp³-hybridized carbons (Fsp3) is 0.391. The number of aromatic nitrogens is 3. The number of carbonyl (C=O) groups excluding carboxylic acids is 2. The summed E-state index contributed by atoms with van der Waals surface area (Å²) in [7, 11) is 4.92. The van der Waals surface area contributed by atoms with Crippen LogP contribution in [0.1, 0.15) is 29.1 Å². The van der Waals surface area contributed by atoms with Gasteiger partial charge in [-0.15, -0.1) is 0 Å². The average Bonchev–Trinajstić information content (AvgIpc) is 3.43. The Balaban J connectivity index is 1.43. The third-order valence-corrected chi connectivity index (χ3v) is 5.81. The lowest BCUT2D eigenvalue weighted by Gasteiger charge is -2.31.